The average Bonchev–Trinajstić information content (AvgIpc) is 3.30. The molecule has 6 rings (SSSR count). The van der Waals surface area contributed by atoms with Gasteiger partial charge in [0.1, 0.15) is 11.7 Å². The van der Waals surface area contributed by atoms with Gasteiger partial charge in [-0.2, -0.15) is 0 Å². The number of hydrogen-bond donors (Lipinski definition) is 2. The predicted molar refractivity (Wildman–Crippen MR) is 142 cm³/mol. The minimum Gasteiger partial charge on any atom is -0.404 e. The van der Waals surface area contributed by atoms with Crippen molar-refractivity contribution in [2.24, 2.45) is 17.3 Å². The summed E-state index contributed by atoms with van der Waals surface area (Å²) in [6, 6.07) is -1.10. The molecule has 1 aromatic rings. The number of carbonyl (C=O) groups is 3. The van der Waals surface area contributed by atoms with Crippen LogP contribution < -0.4 is 10.6 Å². The molecule has 3 heterocycles. The molecule has 2 aliphatic heterocycles. The van der Waals surface area contributed by atoms with Crippen LogP contribution in [0.5, 0.6) is 0 Å². The number of carbonyl (C=O) groups excluding carboxylic acids is 3. The van der Waals surface area contributed by atoms with E-state index in [0.29, 0.717) is 44.6 Å². The quantitative estimate of drug-likeness (QED) is 0.449. The number of ether oxygens (including phenoxy) is 1. The zero-order valence-electron chi connectivity index (χ0n) is 23.4. The summed E-state index contributed by atoms with van der Waals surface area (Å²) in [5.74, 6) is -0.641. The molecule has 0 spiro atoms. The molecular formula is C27H40BN5O6. The van der Waals surface area contributed by atoms with Crippen molar-refractivity contribution in [3.63, 3.8) is 0 Å². The lowest BCUT2D eigenvalue weighted by molar-refractivity contribution is -0.199. The number of nitrogens with one attached hydrogen (secondary N) is 2. The minimum absolute atomic E-state index is 0.00872. The Hall–Kier alpha value is -2.57. The fourth-order valence-corrected chi connectivity index (χ4v) is 6.92. The summed E-state index contributed by atoms with van der Waals surface area (Å²) < 4.78 is 18.4. The molecule has 2 N–H and O–H groups in total. The Labute approximate surface area is 230 Å². The van der Waals surface area contributed by atoms with Gasteiger partial charge in [0, 0.05) is 25.5 Å². The van der Waals surface area contributed by atoms with E-state index in [9.17, 15) is 14.4 Å². The van der Waals surface area contributed by atoms with Gasteiger partial charge in [0.15, 0.2) is 0 Å². The molecule has 39 heavy (non-hydrogen) atoms. The number of amides is 3. The van der Waals surface area contributed by atoms with E-state index in [1.165, 1.54) is 18.6 Å². The molecule has 6 atom stereocenters. The zero-order chi connectivity index (χ0) is 27.8. The lowest BCUT2D eigenvalue weighted by Gasteiger charge is -2.64. The second-order valence-corrected chi connectivity index (χ2v) is 12.1. The Morgan fingerprint density at radius 1 is 1.15 bits per heavy atom. The summed E-state index contributed by atoms with van der Waals surface area (Å²) in [6.45, 7) is 10.6. The molecule has 0 aromatic carbocycles. The lowest BCUT2D eigenvalue weighted by Crippen LogP contribution is -2.65. The Morgan fingerprint density at radius 3 is 2.59 bits per heavy atom. The predicted octanol–water partition coefficient (Wildman–Crippen LogP) is 1.38. The van der Waals surface area contributed by atoms with Gasteiger partial charge >= 0.3 is 7.12 Å². The van der Waals surface area contributed by atoms with Crippen molar-refractivity contribution in [2.75, 3.05) is 26.3 Å². The van der Waals surface area contributed by atoms with Gasteiger partial charge in [-0.25, -0.2) is 4.98 Å². The summed E-state index contributed by atoms with van der Waals surface area (Å²) in [6.07, 6.45) is 7.53. The Kier molecular flexibility index (Phi) is 7.99. The number of nitrogens with zero attached hydrogens (tertiary/aromatic N) is 3. The molecule has 212 valence electrons. The fourth-order valence-electron chi connectivity index (χ4n) is 6.92. The third-order valence-corrected chi connectivity index (χ3v) is 9.38. The highest BCUT2D eigenvalue weighted by molar-refractivity contribution is 6.48. The number of rotatable bonds is 9. The van der Waals surface area contributed by atoms with E-state index < -0.39 is 36.5 Å². The first-order valence-corrected chi connectivity index (χ1v) is 14.2. The van der Waals surface area contributed by atoms with Crippen LogP contribution in [0, 0.1) is 17.3 Å². The van der Waals surface area contributed by atoms with Crippen molar-refractivity contribution in [3.05, 3.63) is 24.3 Å². The molecule has 3 aliphatic carbocycles. The number of morpholine rings is 1. The SMILES string of the molecule is CCC[C@H](NC(=O)[C@@H](CC(=O)N1CCOCC1)NC(=O)c1cnccn1)B1O[C@@H]2C[C@@H]3C[C@@H](C3(C)C)[C@]2(C)O1. The van der Waals surface area contributed by atoms with E-state index in [0.717, 1.165) is 19.3 Å². The summed E-state index contributed by atoms with van der Waals surface area (Å²) in [5.41, 5.74) is -0.117. The van der Waals surface area contributed by atoms with Gasteiger partial charge in [-0.05, 0) is 43.4 Å². The average molecular weight is 541 g/mol. The van der Waals surface area contributed by atoms with Crippen LogP contribution in [0.1, 0.15) is 70.3 Å². The standard InChI is InChI=1S/C27H40BN5O6/c1-5-6-22(28-38-21-14-17-13-20(26(17,2)3)27(21,4)39-28)32-24(35)18(15-23(34)33-9-11-37-12-10-33)31-25(36)19-16-29-7-8-30-19/h7-8,16-18,20-22H,5-6,9-15H2,1-4H3,(H,31,36)(H,32,35)/t17-,18+,20-,21+,22-,27-/m0/s1. The van der Waals surface area contributed by atoms with Crippen LogP contribution in [-0.2, 0) is 23.6 Å². The van der Waals surface area contributed by atoms with Crippen molar-refractivity contribution in [3.8, 4) is 0 Å². The van der Waals surface area contributed by atoms with Crippen molar-refractivity contribution in [1.29, 1.82) is 0 Å². The van der Waals surface area contributed by atoms with Gasteiger partial charge in [0.05, 0.1) is 43.5 Å². The van der Waals surface area contributed by atoms with Gasteiger partial charge < -0.3 is 29.6 Å². The van der Waals surface area contributed by atoms with Gasteiger partial charge in [-0.1, -0.05) is 27.2 Å². The van der Waals surface area contributed by atoms with E-state index in [-0.39, 0.29) is 29.5 Å². The molecule has 12 heteroatoms. The highest BCUT2D eigenvalue weighted by atomic mass is 16.7. The molecule has 0 unspecified atom stereocenters. The van der Waals surface area contributed by atoms with Crippen LogP contribution in [0.15, 0.2) is 18.6 Å². The van der Waals surface area contributed by atoms with Gasteiger partial charge in [-0.3, -0.25) is 19.4 Å². The van der Waals surface area contributed by atoms with Gasteiger partial charge in [0.25, 0.3) is 5.91 Å². The minimum atomic E-state index is -1.10. The molecule has 5 fully saturated rings. The molecule has 11 nitrogen and oxygen atoms in total. The second-order valence-electron chi connectivity index (χ2n) is 12.1. The first kappa shape index (κ1) is 28.0. The summed E-state index contributed by atoms with van der Waals surface area (Å²) in [5, 5.41) is 5.78. The largest absolute Gasteiger partial charge is 0.481 e. The Bertz CT molecular complexity index is 1070. The number of aromatic nitrogens is 2. The van der Waals surface area contributed by atoms with Crippen LogP contribution in [-0.4, -0.2) is 89.7 Å². The lowest BCUT2D eigenvalue weighted by atomic mass is 9.43. The van der Waals surface area contributed by atoms with Crippen LogP contribution in [0.25, 0.3) is 0 Å². The molecule has 1 aromatic heterocycles. The normalized spacial score (nSPS) is 30.5. The highest BCUT2D eigenvalue weighted by Crippen LogP contribution is 2.65. The van der Waals surface area contributed by atoms with Gasteiger partial charge in [-0.15, -0.1) is 0 Å². The molecular weight excluding hydrogens is 501 g/mol. The maximum absolute atomic E-state index is 13.7. The smallest absolute Gasteiger partial charge is 0.404 e. The van der Waals surface area contributed by atoms with Crippen molar-refractivity contribution < 1.29 is 28.4 Å². The topological polar surface area (TPSA) is 132 Å². The van der Waals surface area contributed by atoms with E-state index >= 15 is 0 Å². The van der Waals surface area contributed by atoms with E-state index in [4.69, 9.17) is 14.0 Å². The Morgan fingerprint density at radius 2 is 1.92 bits per heavy atom. The van der Waals surface area contributed by atoms with E-state index in [1.54, 1.807) is 4.90 Å². The first-order chi connectivity index (χ1) is 18.6. The summed E-state index contributed by atoms with van der Waals surface area (Å²) in [4.78, 5) is 49.3. The van der Waals surface area contributed by atoms with Crippen LogP contribution in [0.4, 0.5) is 0 Å². The number of hydrogen-bond acceptors (Lipinski definition) is 8. The third-order valence-electron chi connectivity index (χ3n) is 9.38. The maximum Gasteiger partial charge on any atom is 0.481 e. The van der Waals surface area contributed by atoms with Crippen molar-refractivity contribution in [2.45, 2.75) is 83.5 Å². The third kappa shape index (κ3) is 5.43. The van der Waals surface area contributed by atoms with Crippen LogP contribution in [0.3, 0.4) is 0 Å². The van der Waals surface area contributed by atoms with Crippen LogP contribution >= 0.6 is 0 Å². The molecule has 3 saturated carbocycles. The molecule has 3 amide bonds. The van der Waals surface area contributed by atoms with E-state index in [1.807, 2.05) is 6.92 Å². The first-order valence-electron chi connectivity index (χ1n) is 14.2. The van der Waals surface area contributed by atoms with Crippen LogP contribution in [0.2, 0.25) is 0 Å². The highest BCUT2D eigenvalue weighted by Gasteiger charge is 2.68. The van der Waals surface area contributed by atoms with Crippen molar-refractivity contribution >= 4 is 24.8 Å². The Balaban J connectivity index is 1.30. The molecule has 5 aliphatic rings. The second kappa shape index (κ2) is 11.1. The van der Waals surface area contributed by atoms with E-state index in [2.05, 4.69) is 41.4 Å². The maximum atomic E-state index is 13.7. The molecule has 0 radical (unpaired) electrons. The van der Waals surface area contributed by atoms with Crippen molar-refractivity contribution in [1.82, 2.24) is 25.5 Å². The monoisotopic (exact) mass is 541 g/mol. The fraction of sp³-hybridized carbons (Fsp3) is 0.741. The summed E-state index contributed by atoms with van der Waals surface area (Å²) >= 11 is 0. The molecule has 2 saturated heterocycles. The molecule has 2 bridgehead atoms. The van der Waals surface area contributed by atoms with Gasteiger partial charge in [0.2, 0.25) is 11.8 Å². The zero-order valence-corrected chi connectivity index (χ0v) is 23.4. The summed E-state index contributed by atoms with van der Waals surface area (Å²) in [7, 11) is -0.592.